The number of aliphatic carboxylic acids is 1. The summed E-state index contributed by atoms with van der Waals surface area (Å²) >= 11 is 0. The third-order valence-electron chi connectivity index (χ3n) is 2.13. The zero-order valence-electron chi connectivity index (χ0n) is 10.4. The van der Waals surface area contributed by atoms with Gasteiger partial charge < -0.3 is 15.2 Å². The van der Waals surface area contributed by atoms with Crippen molar-refractivity contribution in [2.24, 2.45) is 5.41 Å². The molecule has 0 aromatic heterocycles. The van der Waals surface area contributed by atoms with Gasteiger partial charge in [-0.05, 0) is 18.4 Å². The highest BCUT2D eigenvalue weighted by Crippen LogP contribution is 2.17. The standard InChI is InChI=1S/C11H21NO4/c1-11(2,3)5-6-12-8(7-9(13)14)10(15)16-4/h8,12H,5-7H2,1-4H3,(H,13,14)/t8-/m0/s1. The number of carbonyl (C=O) groups excluding carboxylic acids is 1. The smallest absolute Gasteiger partial charge is 0.323 e. The summed E-state index contributed by atoms with van der Waals surface area (Å²) in [6.07, 6.45) is 0.608. The number of carboxylic acid groups (broad SMARTS) is 1. The molecule has 0 unspecified atom stereocenters. The predicted molar refractivity (Wildman–Crippen MR) is 60.1 cm³/mol. The molecule has 2 N–H and O–H groups in total. The van der Waals surface area contributed by atoms with Gasteiger partial charge in [-0.2, -0.15) is 0 Å². The summed E-state index contributed by atoms with van der Waals surface area (Å²) < 4.78 is 4.53. The molecule has 0 aromatic rings. The number of esters is 1. The largest absolute Gasteiger partial charge is 0.481 e. The molecule has 5 heteroatoms. The number of rotatable bonds is 6. The van der Waals surface area contributed by atoms with Gasteiger partial charge in [0.05, 0.1) is 13.5 Å². The Labute approximate surface area is 96.2 Å². The molecule has 0 aliphatic heterocycles. The highest BCUT2D eigenvalue weighted by molar-refractivity contribution is 5.81. The molecule has 94 valence electrons. The highest BCUT2D eigenvalue weighted by Gasteiger charge is 2.22. The Morgan fingerprint density at radius 1 is 1.38 bits per heavy atom. The third kappa shape index (κ3) is 7.23. The Kier molecular flexibility index (Phi) is 6.03. The Morgan fingerprint density at radius 3 is 2.31 bits per heavy atom. The van der Waals surface area contributed by atoms with E-state index in [1.165, 1.54) is 7.11 Å². The highest BCUT2D eigenvalue weighted by atomic mass is 16.5. The molecule has 16 heavy (non-hydrogen) atoms. The maximum atomic E-state index is 11.3. The van der Waals surface area contributed by atoms with E-state index < -0.39 is 18.0 Å². The normalized spacial score (nSPS) is 13.2. The van der Waals surface area contributed by atoms with E-state index in [1.807, 2.05) is 0 Å². The van der Waals surface area contributed by atoms with E-state index in [0.717, 1.165) is 6.42 Å². The topological polar surface area (TPSA) is 75.6 Å². The van der Waals surface area contributed by atoms with Crippen LogP contribution < -0.4 is 5.32 Å². The van der Waals surface area contributed by atoms with E-state index in [1.54, 1.807) is 0 Å². The van der Waals surface area contributed by atoms with Gasteiger partial charge in [0, 0.05) is 0 Å². The van der Waals surface area contributed by atoms with Crippen LogP contribution >= 0.6 is 0 Å². The monoisotopic (exact) mass is 231 g/mol. The number of hydrogen-bond acceptors (Lipinski definition) is 4. The van der Waals surface area contributed by atoms with Crippen molar-refractivity contribution in [3.05, 3.63) is 0 Å². The van der Waals surface area contributed by atoms with E-state index in [-0.39, 0.29) is 11.8 Å². The van der Waals surface area contributed by atoms with Crippen molar-refractivity contribution in [1.82, 2.24) is 5.32 Å². The molecule has 0 aliphatic rings. The molecule has 0 spiro atoms. The molecule has 0 bridgehead atoms. The Bertz CT molecular complexity index is 245. The van der Waals surface area contributed by atoms with Gasteiger partial charge in [-0.1, -0.05) is 20.8 Å². The number of carbonyl (C=O) groups is 2. The van der Waals surface area contributed by atoms with Crippen molar-refractivity contribution in [3.8, 4) is 0 Å². The molecule has 1 atom stereocenters. The first-order valence-electron chi connectivity index (χ1n) is 5.29. The number of methoxy groups -OCH3 is 1. The average molecular weight is 231 g/mol. The van der Waals surface area contributed by atoms with Crippen LogP contribution in [0.1, 0.15) is 33.6 Å². The SMILES string of the molecule is COC(=O)[C@H](CC(=O)O)NCCC(C)(C)C. The van der Waals surface area contributed by atoms with Crippen molar-refractivity contribution in [1.29, 1.82) is 0 Å². The summed E-state index contributed by atoms with van der Waals surface area (Å²) in [4.78, 5) is 21.8. The number of hydrogen-bond donors (Lipinski definition) is 2. The predicted octanol–water partition coefficient (Wildman–Crippen LogP) is 1.03. The molecule has 0 rings (SSSR count). The fourth-order valence-electron chi connectivity index (χ4n) is 1.18. The first kappa shape index (κ1) is 14.9. The fraction of sp³-hybridized carbons (Fsp3) is 0.818. The molecule has 0 amide bonds. The first-order valence-corrected chi connectivity index (χ1v) is 5.29. The first-order chi connectivity index (χ1) is 7.26. The van der Waals surface area contributed by atoms with Gasteiger partial charge in [0.1, 0.15) is 6.04 Å². The maximum absolute atomic E-state index is 11.3. The van der Waals surface area contributed by atoms with E-state index in [9.17, 15) is 9.59 Å². The molecule has 0 saturated carbocycles. The zero-order chi connectivity index (χ0) is 12.8. The second kappa shape index (κ2) is 6.48. The molecular weight excluding hydrogens is 210 g/mol. The van der Waals surface area contributed by atoms with Crippen molar-refractivity contribution >= 4 is 11.9 Å². The Hall–Kier alpha value is -1.10. The van der Waals surface area contributed by atoms with Crippen molar-refractivity contribution in [3.63, 3.8) is 0 Å². The Balaban J connectivity index is 4.12. The van der Waals surface area contributed by atoms with Crippen LogP contribution in [0.2, 0.25) is 0 Å². The van der Waals surface area contributed by atoms with E-state index in [4.69, 9.17) is 5.11 Å². The lowest BCUT2D eigenvalue weighted by Crippen LogP contribution is -2.40. The van der Waals surface area contributed by atoms with Crippen LogP contribution in [-0.4, -0.2) is 36.7 Å². The molecular formula is C11H21NO4. The van der Waals surface area contributed by atoms with Gasteiger partial charge >= 0.3 is 11.9 Å². The minimum absolute atomic E-state index is 0.150. The summed E-state index contributed by atoms with van der Waals surface area (Å²) in [5.41, 5.74) is 0.150. The van der Waals surface area contributed by atoms with Gasteiger partial charge in [0.25, 0.3) is 0 Å². The zero-order valence-corrected chi connectivity index (χ0v) is 10.4. The quantitative estimate of drug-likeness (QED) is 0.668. The lowest BCUT2D eigenvalue weighted by atomic mass is 9.92. The second-order valence-corrected chi connectivity index (χ2v) is 4.94. The van der Waals surface area contributed by atoms with E-state index >= 15 is 0 Å². The lowest BCUT2D eigenvalue weighted by molar-refractivity contribution is -0.148. The van der Waals surface area contributed by atoms with Crippen LogP contribution in [0.4, 0.5) is 0 Å². The number of ether oxygens (including phenoxy) is 1. The molecule has 0 radical (unpaired) electrons. The summed E-state index contributed by atoms with van der Waals surface area (Å²) in [6, 6.07) is -0.759. The van der Waals surface area contributed by atoms with Crippen LogP contribution in [0.3, 0.4) is 0 Å². The maximum Gasteiger partial charge on any atom is 0.323 e. The van der Waals surface area contributed by atoms with Crippen molar-refractivity contribution in [2.75, 3.05) is 13.7 Å². The molecule has 5 nitrogen and oxygen atoms in total. The molecule has 0 saturated heterocycles. The van der Waals surface area contributed by atoms with Crippen molar-refractivity contribution < 1.29 is 19.4 Å². The fourth-order valence-corrected chi connectivity index (χ4v) is 1.18. The summed E-state index contributed by atoms with van der Waals surface area (Å²) in [6.45, 7) is 6.84. The van der Waals surface area contributed by atoms with Gasteiger partial charge in [0.15, 0.2) is 0 Å². The van der Waals surface area contributed by atoms with Crippen molar-refractivity contribution in [2.45, 2.75) is 39.7 Å². The minimum Gasteiger partial charge on any atom is -0.481 e. The average Bonchev–Trinajstić information content (AvgIpc) is 2.12. The minimum atomic E-state index is -1.02. The molecule has 0 aliphatic carbocycles. The third-order valence-corrected chi connectivity index (χ3v) is 2.13. The van der Waals surface area contributed by atoms with Crippen LogP contribution in [0.5, 0.6) is 0 Å². The van der Waals surface area contributed by atoms with Gasteiger partial charge in [-0.15, -0.1) is 0 Å². The van der Waals surface area contributed by atoms with Crippen LogP contribution in [-0.2, 0) is 14.3 Å². The van der Waals surface area contributed by atoms with E-state index in [2.05, 4.69) is 30.8 Å². The lowest BCUT2D eigenvalue weighted by Gasteiger charge is -2.20. The summed E-state index contributed by atoms with van der Waals surface area (Å²) in [5, 5.41) is 11.5. The molecule has 0 aromatic carbocycles. The summed E-state index contributed by atoms with van der Waals surface area (Å²) in [7, 11) is 1.25. The number of carboxylic acids is 1. The van der Waals surface area contributed by atoms with Crippen LogP contribution in [0.15, 0.2) is 0 Å². The molecule has 0 fully saturated rings. The van der Waals surface area contributed by atoms with E-state index in [0.29, 0.717) is 6.54 Å². The summed E-state index contributed by atoms with van der Waals surface area (Å²) in [5.74, 6) is -1.55. The second-order valence-electron chi connectivity index (χ2n) is 4.94. The Morgan fingerprint density at radius 2 is 1.94 bits per heavy atom. The molecule has 0 heterocycles. The van der Waals surface area contributed by atoms with Gasteiger partial charge in [-0.25, -0.2) is 0 Å². The van der Waals surface area contributed by atoms with Crippen LogP contribution in [0.25, 0.3) is 0 Å². The van der Waals surface area contributed by atoms with Gasteiger partial charge in [-0.3, -0.25) is 9.59 Å². The van der Waals surface area contributed by atoms with Crippen LogP contribution in [0, 0.1) is 5.41 Å². The number of nitrogens with one attached hydrogen (secondary N) is 1. The van der Waals surface area contributed by atoms with Gasteiger partial charge in [0.2, 0.25) is 0 Å².